The summed E-state index contributed by atoms with van der Waals surface area (Å²) in [6.07, 6.45) is 0. The summed E-state index contributed by atoms with van der Waals surface area (Å²) in [7, 11) is 0. The maximum Gasteiger partial charge on any atom is 0.270 e. The average Bonchev–Trinajstić information content (AvgIpc) is 2.65. The Kier molecular flexibility index (Phi) is 4.29. The van der Waals surface area contributed by atoms with Gasteiger partial charge in [-0.3, -0.25) is 10.1 Å². The molecule has 0 bridgehead atoms. The Balaban J connectivity index is 1.63. The zero-order valence-corrected chi connectivity index (χ0v) is 14.1. The first-order valence-corrected chi connectivity index (χ1v) is 8.81. The molecule has 0 N–H and O–H groups in total. The number of hydrogen-bond donors (Lipinski definition) is 0. The van der Waals surface area contributed by atoms with Crippen molar-refractivity contribution in [2.24, 2.45) is 0 Å². The van der Waals surface area contributed by atoms with Gasteiger partial charge in [0, 0.05) is 33.9 Å². The third-order valence-electron chi connectivity index (χ3n) is 4.10. The normalized spacial score (nSPS) is 13.3. The van der Waals surface area contributed by atoms with E-state index in [4.69, 9.17) is 9.47 Å². The Morgan fingerprint density at radius 1 is 1.08 bits per heavy atom. The molecule has 0 aliphatic carbocycles. The van der Waals surface area contributed by atoms with E-state index in [1.165, 1.54) is 16.8 Å². The van der Waals surface area contributed by atoms with Crippen molar-refractivity contribution < 1.29 is 14.4 Å². The number of hydrogen-bond acceptors (Lipinski definition) is 5. The van der Waals surface area contributed by atoms with Crippen LogP contribution in [0.4, 0.5) is 5.69 Å². The average molecular weight is 353 g/mol. The zero-order valence-electron chi connectivity index (χ0n) is 13.3. The van der Waals surface area contributed by atoms with Crippen LogP contribution in [0.25, 0.3) is 10.8 Å². The predicted octanol–water partition coefficient (Wildman–Crippen LogP) is 4.91. The van der Waals surface area contributed by atoms with E-state index >= 15 is 0 Å². The minimum atomic E-state index is -0.376. The molecule has 0 saturated carbocycles. The highest BCUT2D eigenvalue weighted by Crippen LogP contribution is 2.36. The molecule has 0 saturated heterocycles. The van der Waals surface area contributed by atoms with Gasteiger partial charge < -0.3 is 9.47 Å². The molecule has 4 rings (SSSR count). The Hall–Kier alpha value is -2.57. The lowest BCUT2D eigenvalue weighted by Crippen LogP contribution is -2.13. The van der Waals surface area contributed by atoms with E-state index in [9.17, 15) is 10.1 Å². The topological polar surface area (TPSA) is 61.6 Å². The molecule has 1 aliphatic rings. The molecule has 5 nitrogen and oxygen atoms in total. The monoisotopic (exact) mass is 353 g/mol. The predicted molar refractivity (Wildman–Crippen MR) is 96.9 cm³/mol. The minimum Gasteiger partial charge on any atom is -0.467 e. The Morgan fingerprint density at radius 3 is 2.76 bits per heavy atom. The number of benzene rings is 3. The molecule has 1 heterocycles. The van der Waals surface area contributed by atoms with Crippen LogP contribution >= 0.6 is 11.8 Å². The molecule has 0 radical (unpaired) electrons. The number of non-ortho nitro benzene ring substituents is 1. The molecule has 0 atom stereocenters. The van der Waals surface area contributed by atoms with E-state index in [0.717, 1.165) is 16.0 Å². The fourth-order valence-electron chi connectivity index (χ4n) is 2.91. The fraction of sp³-hybridized carbons (Fsp3) is 0.158. The molecule has 25 heavy (non-hydrogen) atoms. The van der Waals surface area contributed by atoms with E-state index in [0.29, 0.717) is 18.1 Å². The smallest absolute Gasteiger partial charge is 0.270 e. The maximum atomic E-state index is 11.2. The quantitative estimate of drug-likeness (QED) is 0.379. The van der Waals surface area contributed by atoms with Gasteiger partial charge in [0.15, 0.2) is 6.79 Å². The summed E-state index contributed by atoms with van der Waals surface area (Å²) in [5.74, 6) is 1.31. The van der Waals surface area contributed by atoms with Crippen LogP contribution in [0.5, 0.6) is 5.75 Å². The number of ether oxygens (including phenoxy) is 2. The van der Waals surface area contributed by atoms with Gasteiger partial charge in [0.25, 0.3) is 5.69 Å². The number of nitro groups is 1. The summed E-state index contributed by atoms with van der Waals surface area (Å²) in [6.45, 7) is 0.517. The first-order valence-electron chi connectivity index (χ1n) is 7.83. The molecule has 6 heteroatoms. The Morgan fingerprint density at radius 2 is 1.92 bits per heavy atom. The van der Waals surface area contributed by atoms with E-state index in [2.05, 4.69) is 30.3 Å². The maximum absolute atomic E-state index is 11.2. The summed E-state index contributed by atoms with van der Waals surface area (Å²) in [4.78, 5) is 11.9. The number of fused-ring (bicyclic) bond motifs is 2. The van der Waals surface area contributed by atoms with Crippen molar-refractivity contribution in [3.63, 3.8) is 0 Å². The van der Waals surface area contributed by atoms with Crippen LogP contribution in [0.3, 0.4) is 0 Å². The summed E-state index contributed by atoms with van der Waals surface area (Å²) < 4.78 is 10.8. The second-order valence-electron chi connectivity index (χ2n) is 5.76. The van der Waals surface area contributed by atoms with Gasteiger partial charge in [-0.25, -0.2) is 0 Å². The van der Waals surface area contributed by atoms with Crippen molar-refractivity contribution in [2.75, 3.05) is 6.79 Å². The van der Waals surface area contributed by atoms with Crippen molar-refractivity contribution in [1.82, 2.24) is 0 Å². The molecule has 0 spiro atoms. The van der Waals surface area contributed by atoms with Crippen molar-refractivity contribution in [3.05, 3.63) is 75.8 Å². The molecule has 0 amide bonds. The summed E-state index contributed by atoms with van der Waals surface area (Å²) in [6, 6.07) is 17.6. The third kappa shape index (κ3) is 3.31. The van der Waals surface area contributed by atoms with E-state index < -0.39 is 0 Å². The SMILES string of the molecule is O=[N+]([O-])c1cc2c(c(CSc3ccc4ccccc4c3)c1)OCOC2. The molecule has 0 fully saturated rings. The van der Waals surface area contributed by atoms with E-state index in [1.54, 1.807) is 17.8 Å². The lowest BCUT2D eigenvalue weighted by Gasteiger charge is -2.20. The van der Waals surface area contributed by atoms with Gasteiger partial charge in [-0.2, -0.15) is 0 Å². The molecule has 1 aliphatic heterocycles. The van der Waals surface area contributed by atoms with Crippen LogP contribution in [0.1, 0.15) is 11.1 Å². The van der Waals surface area contributed by atoms with Crippen LogP contribution in [0, 0.1) is 10.1 Å². The first kappa shape index (κ1) is 15.9. The first-order chi connectivity index (χ1) is 12.2. The number of nitro benzene ring substituents is 1. The van der Waals surface area contributed by atoms with Gasteiger partial charge in [-0.05, 0) is 22.9 Å². The van der Waals surface area contributed by atoms with Gasteiger partial charge in [0.2, 0.25) is 0 Å². The van der Waals surface area contributed by atoms with E-state index in [1.807, 2.05) is 12.1 Å². The largest absolute Gasteiger partial charge is 0.467 e. The highest BCUT2D eigenvalue weighted by molar-refractivity contribution is 7.98. The molecule has 3 aromatic carbocycles. The van der Waals surface area contributed by atoms with Crippen LogP contribution in [-0.2, 0) is 17.1 Å². The summed E-state index contributed by atoms with van der Waals surface area (Å²) in [5, 5.41) is 13.6. The summed E-state index contributed by atoms with van der Waals surface area (Å²) >= 11 is 1.64. The lowest BCUT2D eigenvalue weighted by atomic mass is 10.1. The van der Waals surface area contributed by atoms with Gasteiger partial charge in [-0.15, -0.1) is 11.8 Å². The van der Waals surface area contributed by atoms with Crippen LogP contribution in [0.15, 0.2) is 59.5 Å². The van der Waals surface area contributed by atoms with E-state index in [-0.39, 0.29) is 17.4 Å². The number of thioether (sulfide) groups is 1. The van der Waals surface area contributed by atoms with Gasteiger partial charge in [0.1, 0.15) is 5.75 Å². The molecule has 126 valence electrons. The molecule has 0 aromatic heterocycles. The molecular weight excluding hydrogens is 338 g/mol. The lowest BCUT2D eigenvalue weighted by molar-refractivity contribution is -0.385. The fourth-order valence-corrected chi connectivity index (χ4v) is 3.82. The van der Waals surface area contributed by atoms with Crippen molar-refractivity contribution in [1.29, 1.82) is 0 Å². The minimum absolute atomic E-state index is 0.0713. The van der Waals surface area contributed by atoms with Crippen LogP contribution < -0.4 is 4.74 Å². The van der Waals surface area contributed by atoms with Gasteiger partial charge in [0.05, 0.1) is 11.5 Å². The number of nitrogens with zero attached hydrogens (tertiary/aromatic N) is 1. The van der Waals surface area contributed by atoms with Crippen molar-refractivity contribution >= 4 is 28.2 Å². The van der Waals surface area contributed by atoms with Crippen molar-refractivity contribution in [2.45, 2.75) is 17.3 Å². The van der Waals surface area contributed by atoms with Gasteiger partial charge in [-0.1, -0.05) is 30.3 Å². The summed E-state index contributed by atoms with van der Waals surface area (Å²) in [5.41, 5.74) is 1.63. The number of rotatable bonds is 4. The van der Waals surface area contributed by atoms with Gasteiger partial charge >= 0.3 is 0 Å². The highest BCUT2D eigenvalue weighted by Gasteiger charge is 2.20. The van der Waals surface area contributed by atoms with Crippen LogP contribution in [-0.4, -0.2) is 11.7 Å². The Labute approximate surface area is 148 Å². The van der Waals surface area contributed by atoms with Crippen LogP contribution in [0.2, 0.25) is 0 Å². The highest BCUT2D eigenvalue weighted by atomic mass is 32.2. The zero-order chi connectivity index (χ0) is 17.2. The molecule has 0 unspecified atom stereocenters. The second kappa shape index (κ2) is 6.74. The third-order valence-corrected chi connectivity index (χ3v) is 5.14. The Bertz CT molecular complexity index is 957. The standard InChI is InChI=1S/C19H15NO4S/c21-20(22)17-7-15-10-23-12-24-19(15)16(8-17)11-25-18-6-5-13-3-1-2-4-14(13)9-18/h1-9H,10-12H2. The molecular formula is C19H15NO4S. The molecule has 3 aromatic rings. The second-order valence-corrected chi connectivity index (χ2v) is 6.81. The van der Waals surface area contributed by atoms with Crippen molar-refractivity contribution in [3.8, 4) is 5.75 Å².